The Bertz CT molecular complexity index is 634. The average molecular weight is 328 g/mol. The highest BCUT2D eigenvalue weighted by atomic mass is 35.5. The van der Waals surface area contributed by atoms with Crippen molar-refractivity contribution in [2.75, 3.05) is 6.54 Å². The molecule has 112 valence electrons. The van der Waals surface area contributed by atoms with Crippen molar-refractivity contribution in [2.45, 2.75) is 19.9 Å². The molecule has 0 fully saturated rings. The highest BCUT2D eigenvalue weighted by Gasteiger charge is 2.12. The van der Waals surface area contributed by atoms with E-state index in [-0.39, 0.29) is 16.8 Å². The first-order valence-electron chi connectivity index (χ1n) is 6.67. The van der Waals surface area contributed by atoms with E-state index in [1.807, 2.05) is 19.9 Å². The zero-order valence-corrected chi connectivity index (χ0v) is 13.3. The minimum Gasteiger partial charge on any atom is -0.454 e. The van der Waals surface area contributed by atoms with Gasteiger partial charge in [0, 0.05) is 11.1 Å². The molecule has 0 aliphatic heterocycles. The van der Waals surface area contributed by atoms with Crippen molar-refractivity contribution in [1.29, 1.82) is 0 Å². The third-order valence-corrected chi connectivity index (χ3v) is 3.71. The van der Waals surface area contributed by atoms with Crippen LogP contribution in [0.1, 0.15) is 25.5 Å². The van der Waals surface area contributed by atoms with Gasteiger partial charge in [-0.25, -0.2) is 4.39 Å². The summed E-state index contributed by atoms with van der Waals surface area (Å²) < 4.78 is 19.3. The molecular weight excluding hydrogens is 312 g/mol. The summed E-state index contributed by atoms with van der Waals surface area (Å²) in [6, 6.07) is 10.1. The molecule has 2 aromatic carbocycles. The standard InChI is InChI=1S/C16H16Cl2FNO/c1-3-20-10(2)12-8-7-11(9-14(12)18)21-15-6-4-5-13(17)16(15)19/h4-10,20H,3H2,1-2H3. The van der Waals surface area contributed by atoms with E-state index >= 15 is 0 Å². The van der Waals surface area contributed by atoms with Crippen LogP contribution in [-0.2, 0) is 0 Å². The second-order valence-electron chi connectivity index (χ2n) is 4.62. The lowest BCUT2D eigenvalue weighted by molar-refractivity contribution is 0.442. The van der Waals surface area contributed by atoms with Crippen molar-refractivity contribution in [3.8, 4) is 11.5 Å². The number of nitrogens with one attached hydrogen (secondary N) is 1. The van der Waals surface area contributed by atoms with Gasteiger partial charge in [0.2, 0.25) is 0 Å². The number of ether oxygens (including phenoxy) is 1. The highest BCUT2D eigenvalue weighted by Crippen LogP contribution is 2.32. The molecule has 0 saturated heterocycles. The van der Waals surface area contributed by atoms with Crippen LogP contribution in [-0.4, -0.2) is 6.54 Å². The fraction of sp³-hybridized carbons (Fsp3) is 0.250. The lowest BCUT2D eigenvalue weighted by Gasteiger charge is -2.15. The Hall–Kier alpha value is -1.29. The summed E-state index contributed by atoms with van der Waals surface area (Å²) in [5, 5.41) is 3.88. The summed E-state index contributed by atoms with van der Waals surface area (Å²) in [5.74, 6) is -0.0416. The molecule has 0 aliphatic carbocycles. The summed E-state index contributed by atoms with van der Waals surface area (Å²) in [5.41, 5.74) is 0.970. The monoisotopic (exact) mass is 327 g/mol. The number of benzene rings is 2. The molecule has 1 atom stereocenters. The van der Waals surface area contributed by atoms with E-state index in [4.69, 9.17) is 27.9 Å². The molecule has 0 heterocycles. The Morgan fingerprint density at radius 1 is 1.19 bits per heavy atom. The van der Waals surface area contributed by atoms with Gasteiger partial charge in [-0.3, -0.25) is 0 Å². The van der Waals surface area contributed by atoms with Crippen molar-refractivity contribution in [3.63, 3.8) is 0 Å². The summed E-state index contributed by atoms with van der Waals surface area (Å²) in [7, 11) is 0. The predicted molar refractivity (Wildman–Crippen MR) is 85.0 cm³/mol. The van der Waals surface area contributed by atoms with E-state index in [9.17, 15) is 4.39 Å². The zero-order chi connectivity index (χ0) is 15.4. The molecule has 0 amide bonds. The molecule has 0 spiro atoms. The van der Waals surface area contributed by atoms with E-state index in [2.05, 4.69) is 5.32 Å². The number of rotatable bonds is 5. The van der Waals surface area contributed by atoms with Crippen molar-refractivity contribution in [1.82, 2.24) is 5.32 Å². The molecular formula is C16H16Cl2FNO. The van der Waals surface area contributed by atoms with E-state index in [0.29, 0.717) is 10.8 Å². The molecule has 1 unspecified atom stereocenters. The smallest absolute Gasteiger partial charge is 0.184 e. The number of hydrogen-bond acceptors (Lipinski definition) is 2. The van der Waals surface area contributed by atoms with Gasteiger partial charge >= 0.3 is 0 Å². The Morgan fingerprint density at radius 3 is 2.62 bits per heavy atom. The van der Waals surface area contributed by atoms with Crippen LogP contribution in [0.5, 0.6) is 11.5 Å². The average Bonchev–Trinajstić information content (AvgIpc) is 2.44. The van der Waals surface area contributed by atoms with Gasteiger partial charge in [-0.05, 0) is 43.3 Å². The Kier molecular flexibility index (Phi) is 5.45. The van der Waals surface area contributed by atoms with E-state index in [1.54, 1.807) is 18.2 Å². The maximum Gasteiger partial charge on any atom is 0.184 e. The Balaban J connectivity index is 2.22. The highest BCUT2D eigenvalue weighted by molar-refractivity contribution is 6.31. The molecule has 0 aromatic heterocycles. The molecule has 2 rings (SSSR count). The van der Waals surface area contributed by atoms with Crippen LogP contribution in [0, 0.1) is 5.82 Å². The molecule has 0 aliphatic rings. The summed E-state index contributed by atoms with van der Waals surface area (Å²) in [6.45, 7) is 4.91. The van der Waals surface area contributed by atoms with Crippen molar-refractivity contribution in [2.24, 2.45) is 0 Å². The normalized spacial score (nSPS) is 12.2. The lowest BCUT2D eigenvalue weighted by atomic mass is 10.1. The third-order valence-electron chi connectivity index (χ3n) is 3.09. The molecule has 2 nitrogen and oxygen atoms in total. The predicted octanol–water partition coefficient (Wildman–Crippen LogP) is 5.60. The van der Waals surface area contributed by atoms with Gasteiger partial charge in [0.25, 0.3) is 0 Å². The van der Waals surface area contributed by atoms with E-state index in [0.717, 1.165) is 12.1 Å². The summed E-state index contributed by atoms with van der Waals surface area (Å²) in [6.07, 6.45) is 0. The van der Waals surface area contributed by atoms with Crippen molar-refractivity contribution in [3.05, 3.63) is 57.8 Å². The molecule has 5 heteroatoms. The fourth-order valence-electron chi connectivity index (χ4n) is 2.03. The second kappa shape index (κ2) is 7.12. The Labute approximate surface area is 133 Å². The van der Waals surface area contributed by atoms with Crippen molar-refractivity contribution < 1.29 is 9.13 Å². The summed E-state index contributed by atoms with van der Waals surface area (Å²) in [4.78, 5) is 0. The van der Waals surface area contributed by atoms with Gasteiger partial charge in [-0.2, -0.15) is 0 Å². The molecule has 2 aromatic rings. The molecule has 0 radical (unpaired) electrons. The molecule has 1 N–H and O–H groups in total. The van der Waals surface area contributed by atoms with Crippen LogP contribution in [0.15, 0.2) is 36.4 Å². The minimum atomic E-state index is -0.583. The SMILES string of the molecule is CCNC(C)c1ccc(Oc2cccc(Cl)c2F)cc1Cl. The third kappa shape index (κ3) is 3.88. The van der Waals surface area contributed by atoms with E-state index < -0.39 is 5.82 Å². The van der Waals surface area contributed by atoms with Gasteiger partial charge in [0.1, 0.15) is 5.75 Å². The quantitative estimate of drug-likeness (QED) is 0.772. The second-order valence-corrected chi connectivity index (χ2v) is 5.43. The van der Waals surface area contributed by atoms with E-state index in [1.165, 1.54) is 12.1 Å². The lowest BCUT2D eigenvalue weighted by Crippen LogP contribution is -2.17. The van der Waals surface area contributed by atoms with Gasteiger partial charge in [0.05, 0.1) is 5.02 Å². The number of hydrogen-bond donors (Lipinski definition) is 1. The first-order valence-corrected chi connectivity index (χ1v) is 7.43. The van der Waals surface area contributed by atoms with Crippen LogP contribution in [0.4, 0.5) is 4.39 Å². The maximum absolute atomic E-state index is 13.8. The first kappa shape index (κ1) is 16.1. The largest absolute Gasteiger partial charge is 0.454 e. The maximum atomic E-state index is 13.8. The summed E-state index contributed by atoms with van der Waals surface area (Å²) >= 11 is 12.0. The van der Waals surface area contributed by atoms with Gasteiger partial charge in [0.15, 0.2) is 11.6 Å². The van der Waals surface area contributed by atoms with Crippen LogP contribution >= 0.6 is 23.2 Å². The van der Waals surface area contributed by atoms with Crippen LogP contribution in [0.3, 0.4) is 0 Å². The van der Waals surface area contributed by atoms with Crippen LogP contribution in [0.25, 0.3) is 0 Å². The Morgan fingerprint density at radius 2 is 1.95 bits per heavy atom. The number of halogens is 3. The first-order chi connectivity index (χ1) is 10.0. The van der Waals surface area contributed by atoms with Crippen LogP contribution < -0.4 is 10.1 Å². The van der Waals surface area contributed by atoms with Crippen LogP contribution in [0.2, 0.25) is 10.0 Å². The molecule has 0 bridgehead atoms. The van der Waals surface area contributed by atoms with Gasteiger partial charge < -0.3 is 10.1 Å². The molecule has 21 heavy (non-hydrogen) atoms. The zero-order valence-electron chi connectivity index (χ0n) is 11.8. The fourth-order valence-corrected chi connectivity index (χ4v) is 2.53. The minimum absolute atomic E-state index is 0.0241. The van der Waals surface area contributed by atoms with Crippen molar-refractivity contribution >= 4 is 23.2 Å². The van der Waals surface area contributed by atoms with Gasteiger partial charge in [-0.1, -0.05) is 42.3 Å². The van der Waals surface area contributed by atoms with Gasteiger partial charge in [-0.15, -0.1) is 0 Å². The molecule has 0 saturated carbocycles. The topological polar surface area (TPSA) is 21.3 Å².